The molecule has 2 nitrogen and oxygen atoms in total. The molecule has 0 fully saturated rings. The van der Waals surface area contributed by atoms with Crippen molar-refractivity contribution >= 4 is 0 Å². The molecular weight excluding hydrogens is 240 g/mol. The van der Waals surface area contributed by atoms with Gasteiger partial charge in [-0.25, -0.2) is 0 Å². The number of rotatable bonds is 0. The summed E-state index contributed by atoms with van der Waals surface area (Å²) in [6, 6.07) is 16.7. The molecule has 2 aromatic rings. The van der Waals surface area contributed by atoms with E-state index in [9.17, 15) is 10.2 Å². The van der Waals surface area contributed by atoms with Gasteiger partial charge in [-0.3, -0.25) is 0 Å². The molecule has 0 saturated heterocycles. The molecule has 0 heterocycles. The fraction of sp³-hybridized carbons (Fsp3) is 0. The van der Waals surface area contributed by atoms with Gasteiger partial charge >= 0.3 is 17.1 Å². The molecule has 0 aromatic heterocycles. The molecule has 0 N–H and O–H groups in total. The van der Waals surface area contributed by atoms with E-state index in [1.165, 1.54) is 24.3 Å². The summed E-state index contributed by atoms with van der Waals surface area (Å²) in [6.07, 6.45) is 0. The van der Waals surface area contributed by atoms with Gasteiger partial charge in [0.2, 0.25) is 0 Å². The second kappa shape index (κ2) is 7.92. The summed E-state index contributed by atoms with van der Waals surface area (Å²) in [6.45, 7) is 0. The number of hydrogen-bond acceptors (Lipinski definition) is 2. The third-order valence-corrected chi connectivity index (χ3v) is 1.49. The van der Waals surface area contributed by atoms with Gasteiger partial charge in [0.15, 0.2) is 0 Å². The van der Waals surface area contributed by atoms with Gasteiger partial charge in [0.1, 0.15) is 0 Å². The van der Waals surface area contributed by atoms with Crippen molar-refractivity contribution in [2.75, 3.05) is 0 Å². The summed E-state index contributed by atoms with van der Waals surface area (Å²) in [5, 5.41) is 20.5. The molecule has 3 heteroatoms. The van der Waals surface area contributed by atoms with Crippen LogP contribution in [-0.4, -0.2) is 0 Å². The van der Waals surface area contributed by atoms with E-state index in [4.69, 9.17) is 0 Å². The summed E-state index contributed by atoms with van der Waals surface area (Å²) in [4.78, 5) is 0. The molecule has 0 aliphatic rings. The fourth-order valence-corrected chi connectivity index (χ4v) is 0.841. The van der Waals surface area contributed by atoms with Gasteiger partial charge < -0.3 is 10.2 Å². The van der Waals surface area contributed by atoms with Crippen molar-refractivity contribution in [1.82, 2.24) is 0 Å². The van der Waals surface area contributed by atoms with Gasteiger partial charge in [-0.1, -0.05) is 60.7 Å². The predicted molar refractivity (Wildman–Crippen MR) is 51.8 cm³/mol. The third kappa shape index (κ3) is 6.61. The first-order chi connectivity index (χ1) is 6.79. The first kappa shape index (κ1) is 13.6. The van der Waals surface area contributed by atoms with Crippen LogP contribution in [0.3, 0.4) is 0 Å². The van der Waals surface area contributed by atoms with Gasteiger partial charge in [0.25, 0.3) is 0 Å². The molecule has 2 aromatic carbocycles. The Kier molecular flexibility index (Phi) is 7.16. The Morgan fingerprint density at radius 1 is 0.533 bits per heavy atom. The van der Waals surface area contributed by atoms with E-state index >= 15 is 0 Å². The summed E-state index contributed by atoms with van der Waals surface area (Å²) in [5.41, 5.74) is 0. The van der Waals surface area contributed by atoms with Crippen molar-refractivity contribution in [3.63, 3.8) is 0 Å². The minimum absolute atomic E-state index is 0. The van der Waals surface area contributed by atoms with Crippen molar-refractivity contribution < 1.29 is 27.3 Å². The molecule has 0 saturated carbocycles. The van der Waals surface area contributed by atoms with E-state index in [-0.39, 0.29) is 28.6 Å². The number of benzene rings is 2. The van der Waals surface area contributed by atoms with Gasteiger partial charge in [0.05, 0.1) is 0 Å². The third-order valence-electron chi connectivity index (χ3n) is 1.49. The zero-order chi connectivity index (χ0) is 10.2. The predicted octanol–water partition coefficient (Wildman–Crippen LogP) is 1.52. The maximum Gasteiger partial charge on any atom is 2.00 e. The number of para-hydroxylation sites is 2. The van der Waals surface area contributed by atoms with Crippen LogP contribution < -0.4 is 10.2 Å². The summed E-state index contributed by atoms with van der Waals surface area (Å²) >= 11 is 0. The maximum absolute atomic E-state index is 10.3. The minimum Gasteiger partial charge on any atom is -0.872 e. The van der Waals surface area contributed by atoms with E-state index < -0.39 is 0 Å². The second-order valence-corrected chi connectivity index (χ2v) is 2.63. The standard InChI is InChI=1S/2C6H6O.Cu/c2*7-6-4-2-1-3-5-6;/h2*1-5,7H;/q;;+2/p-2. The quantitative estimate of drug-likeness (QED) is 0.665. The average molecular weight is 250 g/mol. The van der Waals surface area contributed by atoms with E-state index in [0.29, 0.717) is 0 Å². The van der Waals surface area contributed by atoms with Crippen LogP contribution in [0.25, 0.3) is 0 Å². The molecule has 0 spiro atoms. The smallest absolute Gasteiger partial charge is 0.872 e. The molecule has 1 radical (unpaired) electrons. The molecule has 0 unspecified atom stereocenters. The van der Waals surface area contributed by atoms with Crippen molar-refractivity contribution in [1.29, 1.82) is 0 Å². The Balaban J connectivity index is 0.000000245. The second-order valence-electron chi connectivity index (χ2n) is 2.63. The zero-order valence-corrected chi connectivity index (χ0v) is 8.83. The van der Waals surface area contributed by atoms with E-state index in [1.54, 1.807) is 24.3 Å². The van der Waals surface area contributed by atoms with Crippen LogP contribution in [0.4, 0.5) is 0 Å². The van der Waals surface area contributed by atoms with Crippen LogP contribution in [0.5, 0.6) is 11.5 Å². The summed E-state index contributed by atoms with van der Waals surface area (Å²) in [7, 11) is 0. The molecule has 0 bridgehead atoms. The Morgan fingerprint density at radius 2 is 0.800 bits per heavy atom. The van der Waals surface area contributed by atoms with Crippen molar-refractivity contribution in [3.05, 3.63) is 60.7 Å². The van der Waals surface area contributed by atoms with Gasteiger partial charge in [-0.05, 0) is 0 Å². The largest absolute Gasteiger partial charge is 2.00 e. The van der Waals surface area contributed by atoms with E-state index in [0.717, 1.165) is 0 Å². The number of hydrogen-bond donors (Lipinski definition) is 0. The molecule has 0 atom stereocenters. The Morgan fingerprint density at radius 3 is 0.933 bits per heavy atom. The van der Waals surface area contributed by atoms with Crippen LogP contribution in [0.15, 0.2) is 60.7 Å². The molecule has 0 amide bonds. The molecule has 0 aliphatic heterocycles. The molecular formula is C12H10CuO2. The molecule has 81 valence electrons. The molecule has 2 rings (SSSR count). The Hall–Kier alpha value is -1.44. The van der Waals surface area contributed by atoms with Crippen molar-refractivity contribution in [3.8, 4) is 11.5 Å². The minimum atomic E-state index is 0. The normalized spacial score (nSPS) is 8.00. The Labute approximate surface area is 99.7 Å². The molecule has 15 heavy (non-hydrogen) atoms. The zero-order valence-electron chi connectivity index (χ0n) is 7.89. The van der Waals surface area contributed by atoms with Crippen LogP contribution in [0, 0.1) is 0 Å². The van der Waals surface area contributed by atoms with Crippen LogP contribution in [-0.2, 0) is 17.1 Å². The SMILES string of the molecule is [Cu+2].[O-]c1ccccc1.[O-]c1ccccc1. The summed E-state index contributed by atoms with van der Waals surface area (Å²) in [5.74, 6) is 0.144. The van der Waals surface area contributed by atoms with Gasteiger partial charge in [0, 0.05) is 0 Å². The fourth-order valence-electron chi connectivity index (χ4n) is 0.841. The Bertz CT molecular complexity index is 311. The summed E-state index contributed by atoms with van der Waals surface area (Å²) < 4.78 is 0. The van der Waals surface area contributed by atoms with Crippen LogP contribution in [0.2, 0.25) is 0 Å². The van der Waals surface area contributed by atoms with Crippen molar-refractivity contribution in [2.24, 2.45) is 0 Å². The van der Waals surface area contributed by atoms with Gasteiger partial charge in [-0.2, -0.15) is 0 Å². The van der Waals surface area contributed by atoms with Crippen LogP contribution in [0.1, 0.15) is 0 Å². The first-order valence-electron chi connectivity index (χ1n) is 4.23. The van der Waals surface area contributed by atoms with Gasteiger partial charge in [-0.15, -0.1) is 11.5 Å². The maximum atomic E-state index is 10.3. The average Bonchev–Trinajstić information content (AvgIpc) is 2.21. The van der Waals surface area contributed by atoms with E-state index in [2.05, 4.69) is 0 Å². The monoisotopic (exact) mass is 249 g/mol. The topological polar surface area (TPSA) is 46.1 Å². The first-order valence-corrected chi connectivity index (χ1v) is 4.23. The van der Waals surface area contributed by atoms with E-state index in [1.807, 2.05) is 12.1 Å². The van der Waals surface area contributed by atoms with Crippen molar-refractivity contribution in [2.45, 2.75) is 0 Å². The molecule has 0 aliphatic carbocycles. The van der Waals surface area contributed by atoms with Crippen LogP contribution >= 0.6 is 0 Å².